The van der Waals surface area contributed by atoms with E-state index in [2.05, 4.69) is 41.2 Å². The number of thioether (sulfide) groups is 1. The molecule has 1 amide bonds. The molecule has 6 heteroatoms. The van der Waals surface area contributed by atoms with Crippen LogP contribution in [-0.2, 0) is 5.75 Å². The topological polar surface area (TPSA) is 36.4 Å². The summed E-state index contributed by atoms with van der Waals surface area (Å²) in [4.78, 5) is 21.7. The van der Waals surface area contributed by atoms with Crippen LogP contribution < -0.4 is 0 Å². The van der Waals surface area contributed by atoms with E-state index in [4.69, 9.17) is 0 Å². The van der Waals surface area contributed by atoms with Crippen molar-refractivity contribution < 1.29 is 4.79 Å². The predicted octanol–water partition coefficient (Wildman–Crippen LogP) is 4.37. The highest BCUT2D eigenvalue weighted by molar-refractivity contribution is 8.00. The van der Waals surface area contributed by atoms with E-state index in [1.54, 1.807) is 23.1 Å². The summed E-state index contributed by atoms with van der Waals surface area (Å²) >= 11 is 3.48. The standard InChI is InChI=1S/C21H23N3OS2/c1-23-11-4-12-24(14-13-23)20(25)17-9-7-16(8-10-17)15-26-21-22-18-5-2-3-6-19(18)27-21/h2-3,5-10H,4,11-15H2,1H3. The molecule has 0 atom stereocenters. The molecule has 3 aromatic rings. The van der Waals surface area contributed by atoms with Crippen LogP contribution in [0.25, 0.3) is 10.2 Å². The normalized spacial score (nSPS) is 15.8. The van der Waals surface area contributed by atoms with Crippen LogP contribution in [0.15, 0.2) is 52.9 Å². The number of likely N-dealkylation sites (N-methyl/N-ethyl adjacent to an activating group) is 1. The van der Waals surface area contributed by atoms with Crippen molar-refractivity contribution in [1.29, 1.82) is 0 Å². The molecule has 2 aromatic carbocycles. The van der Waals surface area contributed by atoms with Gasteiger partial charge >= 0.3 is 0 Å². The summed E-state index contributed by atoms with van der Waals surface area (Å²) in [6, 6.07) is 16.3. The minimum absolute atomic E-state index is 0.149. The Bertz CT molecular complexity index is 890. The fraction of sp³-hybridized carbons (Fsp3) is 0.333. The Morgan fingerprint density at radius 2 is 1.89 bits per heavy atom. The SMILES string of the molecule is CN1CCCN(C(=O)c2ccc(CSc3nc4ccccc4s3)cc2)CC1. The van der Waals surface area contributed by atoms with Crippen molar-refractivity contribution in [1.82, 2.24) is 14.8 Å². The minimum Gasteiger partial charge on any atom is -0.337 e. The average molecular weight is 398 g/mol. The molecule has 1 aliphatic rings. The average Bonchev–Trinajstić information content (AvgIpc) is 2.99. The number of aromatic nitrogens is 1. The van der Waals surface area contributed by atoms with Crippen LogP contribution in [0.5, 0.6) is 0 Å². The van der Waals surface area contributed by atoms with Crippen LogP contribution in [0.1, 0.15) is 22.3 Å². The van der Waals surface area contributed by atoms with E-state index in [1.807, 2.05) is 29.2 Å². The van der Waals surface area contributed by atoms with Gasteiger partial charge in [-0.15, -0.1) is 11.3 Å². The van der Waals surface area contributed by atoms with Gasteiger partial charge in [-0.05, 0) is 49.8 Å². The van der Waals surface area contributed by atoms with Crippen molar-refractivity contribution >= 4 is 39.2 Å². The van der Waals surface area contributed by atoms with E-state index in [0.29, 0.717) is 0 Å². The first-order valence-corrected chi connectivity index (χ1v) is 11.0. The first-order chi connectivity index (χ1) is 13.2. The maximum atomic E-state index is 12.7. The smallest absolute Gasteiger partial charge is 0.253 e. The van der Waals surface area contributed by atoms with Gasteiger partial charge in [0.2, 0.25) is 0 Å². The molecule has 0 spiro atoms. The van der Waals surface area contributed by atoms with Gasteiger partial charge in [-0.25, -0.2) is 4.98 Å². The van der Waals surface area contributed by atoms with Crippen molar-refractivity contribution in [3.8, 4) is 0 Å². The predicted molar refractivity (Wildman–Crippen MR) is 114 cm³/mol. The quantitative estimate of drug-likeness (QED) is 0.613. The molecule has 0 N–H and O–H groups in total. The van der Waals surface area contributed by atoms with Crippen LogP contribution >= 0.6 is 23.1 Å². The van der Waals surface area contributed by atoms with E-state index >= 15 is 0 Å². The third-order valence-electron chi connectivity index (χ3n) is 4.84. The maximum absolute atomic E-state index is 12.7. The molecule has 4 nitrogen and oxygen atoms in total. The van der Waals surface area contributed by atoms with Gasteiger partial charge in [0.15, 0.2) is 4.34 Å². The van der Waals surface area contributed by atoms with Crippen molar-refractivity contribution in [2.75, 3.05) is 33.2 Å². The van der Waals surface area contributed by atoms with Gasteiger partial charge in [-0.1, -0.05) is 36.0 Å². The Kier molecular flexibility index (Phi) is 5.76. The molecule has 0 bridgehead atoms. The molecule has 1 fully saturated rings. The molecule has 0 unspecified atom stereocenters. The van der Waals surface area contributed by atoms with E-state index in [9.17, 15) is 4.79 Å². The highest BCUT2D eigenvalue weighted by Crippen LogP contribution is 2.31. The lowest BCUT2D eigenvalue weighted by Gasteiger charge is -2.20. The largest absolute Gasteiger partial charge is 0.337 e. The number of amides is 1. The van der Waals surface area contributed by atoms with Gasteiger partial charge < -0.3 is 9.80 Å². The van der Waals surface area contributed by atoms with E-state index in [-0.39, 0.29) is 5.91 Å². The molecule has 0 aliphatic carbocycles. The molecule has 1 saturated heterocycles. The summed E-state index contributed by atoms with van der Waals surface area (Å²) in [6.07, 6.45) is 1.04. The van der Waals surface area contributed by atoms with Crippen LogP contribution in [0.4, 0.5) is 0 Å². The van der Waals surface area contributed by atoms with Gasteiger partial charge in [-0.3, -0.25) is 4.79 Å². The first-order valence-electron chi connectivity index (χ1n) is 9.24. The molecular weight excluding hydrogens is 374 g/mol. The zero-order valence-electron chi connectivity index (χ0n) is 15.4. The van der Waals surface area contributed by atoms with Gasteiger partial charge in [-0.2, -0.15) is 0 Å². The summed E-state index contributed by atoms with van der Waals surface area (Å²) in [5.41, 5.74) is 3.06. The Hall–Kier alpha value is -1.89. The number of para-hydroxylation sites is 1. The molecular formula is C21H23N3OS2. The Morgan fingerprint density at radius 3 is 2.70 bits per heavy atom. The lowest BCUT2D eigenvalue weighted by Crippen LogP contribution is -2.34. The number of thiazole rings is 1. The number of rotatable bonds is 4. The molecule has 140 valence electrons. The van der Waals surface area contributed by atoms with Crippen LogP contribution in [0, 0.1) is 0 Å². The van der Waals surface area contributed by atoms with E-state index < -0.39 is 0 Å². The van der Waals surface area contributed by atoms with Crippen molar-refractivity contribution in [2.24, 2.45) is 0 Å². The molecule has 1 aromatic heterocycles. The summed E-state index contributed by atoms with van der Waals surface area (Å²) < 4.78 is 2.31. The third kappa shape index (κ3) is 4.51. The summed E-state index contributed by atoms with van der Waals surface area (Å²) in [7, 11) is 2.12. The number of carbonyl (C=O) groups excluding carboxylic acids is 1. The highest BCUT2D eigenvalue weighted by Gasteiger charge is 2.18. The van der Waals surface area contributed by atoms with Crippen LogP contribution in [0.2, 0.25) is 0 Å². The third-order valence-corrected chi connectivity index (χ3v) is 7.09. The Balaban J connectivity index is 1.37. The maximum Gasteiger partial charge on any atom is 0.253 e. The fourth-order valence-corrected chi connectivity index (χ4v) is 5.26. The zero-order chi connectivity index (χ0) is 18.6. The van der Waals surface area contributed by atoms with Gasteiger partial charge in [0, 0.05) is 31.0 Å². The number of hydrogen-bond acceptors (Lipinski definition) is 5. The van der Waals surface area contributed by atoms with Crippen LogP contribution in [0.3, 0.4) is 0 Å². The van der Waals surface area contributed by atoms with E-state index in [0.717, 1.165) is 53.8 Å². The number of carbonyl (C=O) groups is 1. The number of benzene rings is 2. The number of hydrogen-bond donors (Lipinski definition) is 0. The molecule has 27 heavy (non-hydrogen) atoms. The summed E-state index contributed by atoms with van der Waals surface area (Å²) in [6.45, 7) is 3.66. The fourth-order valence-electron chi connectivity index (χ4n) is 3.23. The van der Waals surface area contributed by atoms with E-state index in [1.165, 1.54) is 10.3 Å². The summed E-state index contributed by atoms with van der Waals surface area (Å²) in [5.74, 6) is 1.01. The number of nitrogens with zero attached hydrogens (tertiary/aromatic N) is 3. The van der Waals surface area contributed by atoms with Crippen molar-refractivity contribution in [2.45, 2.75) is 16.5 Å². The first kappa shape index (κ1) is 18.5. The van der Waals surface area contributed by atoms with Crippen molar-refractivity contribution in [3.05, 3.63) is 59.7 Å². The monoisotopic (exact) mass is 397 g/mol. The van der Waals surface area contributed by atoms with Crippen LogP contribution in [-0.4, -0.2) is 53.9 Å². The number of fused-ring (bicyclic) bond motifs is 1. The molecule has 0 radical (unpaired) electrons. The zero-order valence-corrected chi connectivity index (χ0v) is 17.1. The second kappa shape index (κ2) is 8.42. The van der Waals surface area contributed by atoms with Crippen molar-refractivity contribution in [3.63, 3.8) is 0 Å². The second-order valence-electron chi connectivity index (χ2n) is 6.88. The lowest BCUT2D eigenvalue weighted by atomic mass is 10.1. The summed E-state index contributed by atoms with van der Waals surface area (Å²) in [5, 5.41) is 0. The van der Waals surface area contributed by atoms with Gasteiger partial charge in [0.05, 0.1) is 10.2 Å². The van der Waals surface area contributed by atoms with Gasteiger partial charge in [0.25, 0.3) is 5.91 Å². The minimum atomic E-state index is 0.149. The molecule has 0 saturated carbocycles. The Labute approximate surface area is 168 Å². The molecule has 4 rings (SSSR count). The van der Waals surface area contributed by atoms with Gasteiger partial charge in [0.1, 0.15) is 0 Å². The lowest BCUT2D eigenvalue weighted by molar-refractivity contribution is 0.0763. The Morgan fingerprint density at radius 1 is 1.07 bits per heavy atom. The highest BCUT2D eigenvalue weighted by atomic mass is 32.2. The second-order valence-corrected chi connectivity index (χ2v) is 9.14. The molecule has 2 heterocycles. The molecule has 1 aliphatic heterocycles.